The van der Waals surface area contributed by atoms with Crippen LogP contribution in [0.3, 0.4) is 0 Å². The maximum atomic E-state index is 9.43. The van der Waals surface area contributed by atoms with Crippen molar-refractivity contribution < 1.29 is 0 Å². The van der Waals surface area contributed by atoms with Crippen LogP contribution in [0, 0.1) is 17.2 Å². The van der Waals surface area contributed by atoms with Crippen LogP contribution in [0.15, 0.2) is 39.8 Å². The maximum Gasteiger partial charge on any atom is 0.114 e. The van der Waals surface area contributed by atoms with Crippen LogP contribution in [0.2, 0.25) is 0 Å². The molecule has 112 valence electrons. The van der Waals surface area contributed by atoms with E-state index in [1.165, 1.54) is 23.2 Å². The van der Waals surface area contributed by atoms with Crippen LogP contribution in [0.25, 0.3) is 0 Å². The van der Waals surface area contributed by atoms with Gasteiger partial charge in [-0.05, 0) is 48.4 Å². The Hall–Kier alpha value is -1.31. The van der Waals surface area contributed by atoms with Crippen molar-refractivity contribution in [1.29, 1.82) is 5.26 Å². The summed E-state index contributed by atoms with van der Waals surface area (Å²) in [5.41, 5.74) is 4.39. The number of aryl methyl sites for hydroxylation is 1. The van der Waals surface area contributed by atoms with Gasteiger partial charge in [-0.25, -0.2) is 4.98 Å². The monoisotopic (exact) mass is 372 g/mol. The van der Waals surface area contributed by atoms with Crippen LogP contribution in [0.4, 0.5) is 0 Å². The normalized spacial score (nSPS) is 16.9. The summed E-state index contributed by atoms with van der Waals surface area (Å²) < 4.78 is 1.10. The van der Waals surface area contributed by atoms with Crippen molar-refractivity contribution in [3.05, 3.63) is 57.2 Å². The van der Waals surface area contributed by atoms with E-state index in [9.17, 15) is 5.26 Å². The van der Waals surface area contributed by atoms with Gasteiger partial charge >= 0.3 is 0 Å². The first kappa shape index (κ1) is 15.6. The molecule has 0 N–H and O–H groups in total. The summed E-state index contributed by atoms with van der Waals surface area (Å²) in [6.45, 7) is 2.27. The lowest BCUT2D eigenvalue weighted by molar-refractivity contribution is 0.491. The number of nitrogens with zero attached hydrogens (tertiary/aromatic N) is 2. The molecule has 2 aromatic rings. The fourth-order valence-corrected chi connectivity index (χ4v) is 4.37. The molecular formula is C18H17BrN2S. The third kappa shape index (κ3) is 3.37. The predicted octanol–water partition coefficient (Wildman–Crippen LogP) is 5.13. The Balaban J connectivity index is 1.85. The highest BCUT2D eigenvalue weighted by Crippen LogP contribution is 2.32. The van der Waals surface area contributed by atoms with E-state index in [0.29, 0.717) is 11.5 Å². The zero-order chi connectivity index (χ0) is 15.5. The van der Waals surface area contributed by atoms with Gasteiger partial charge in [0.1, 0.15) is 11.1 Å². The van der Waals surface area contributed by atoms with Gasteiger partial charge in [0.15, 0.2) is 0 Å². The topological polar surface area (TPSA) is 36.7 Å². The molecule has 3 rings (SSSR count). The van der Waals surface area contributed by atoms with Crippen molar-refractivity contribution in [2.45, 2.75) is 37.0 Å². The second-order valence-corrected chi connectivity index (χ2v) is 7.61. The van der Waals surface area contributed by atoms with E-state index in [2.05, 4.69) is 41.1 Å². The van der Waals surface area contributed by atoms with Crippen LogP contribution in [0.5, 0.6) is 0 Å². The average Bonchev–Trinajstić information content (AvgIpc) is 2.53. The van der Waals surface area contributed by atoms with Crippen LogP contribution >= 0.6 is 27.7 Å². The van der Waals surface area contributed by atoms with Crippen molar-refractivity contribution in [3.63, 3.8) is 0 Å². The average molecular weight is 373 g/mol. The molecule has 4 heteroatoms. The highest BCUT2D eigenvalue weighted by molar-refractivity contribution is 9.10. The number of hydrogen-bond acceptors (Lipinski definition) is 3. The van der Waals surface area contributed by atoms with Gasteiger partial charge < -0.3 is 0 Å². The molecule has 1 heterocycles. The summed E-state index contributed by atoms with van der Waals surface area (Å²) in [6, 6.07) is 12.6. The van der Waals surface area contributed by atoms with E-state index in [0.717, 1.165) is 28.1 Å². The number of aromatic nitrogens is 1. The Labute approximate surface area is 144 Å². The van der Waals surface area contributed by atoms with E-state index in [1.54, 1.807) is 11.8 Å². The molecule has 0 bridgehead atoms. The van der Waals surface area contributed by atoms with Crippen molar-refractivity contribution in [3.8, 4) is 6.07 Å². The fraction of sp³-hybridized carbons (Fsp3) is 0.333. The number of pyridine rings is 1. The first-order valence-corrected chi connectivity index (χ1v) is 9.24. The third-order valence-corrected chi connectivity index (χ3v) is 5.85. The third-order valence-electron chi connectivity index (χ3n) is 4.04. The van der Waals surface area contributed by atoms with E-state index >= 15 is 0 Å². The quantitative estimate of drug-likeness (QED) is 0.700. The van der Waals surface area contributed by atoms with Crippen molar-refractivity contribution in [2.75, 3.05) is 0 Å². The van der Waals surface area contributed by atoms with Gasteiger partial charge in [-0.1, -0.05) is 41.1 Å². The molecule has 0 saturated heterocycles. The number of nitriles is 1. The highest BCUT2D eigenvalue weighted by Gasteiger charge is 2.19. The Morgan fingerprint density at radius 2 is 2.23 bits per heavy atom. The largest absolute Gasteiger partial charge is 0.245 e. The van der Waals surface area contributed by atoms with E-state index in [1.807, 2.05) is 18.2 Å². The minimum atomic E-state index is 0.694. The molecule has 22 heavy (non-hydrogen) atoms. The Morgan fingerprint density at radius 3 is 3.00 bits per heavy atom. The summed E-state index contributed by atoms with van der Waals surface area (Å²) in [5, 5.41) is 10.3. The molecule has 1 aliphatic rings. The van der Waals surface area contributed by atoms with Crippen LogP contribution in [0.1, 0.15) is 35.7 Å². The highest BCUT2D eigenvalue weighted by atomic mass is 79.9. The summed E-state index contributed by atoms with van der Waals surface area (Å²) in [5.74, 6) is 1.51. The van der Waals surface area contributed by atoms with Crippen LogP contribution in [-0.4, -0.2) is 4.98 Å². The number of rotatable bonds is 3. The molecule has 0 radical (unpaired) electrons. The Kier molecular flexibility index (Phi) is 4.85. The molecule has 0 spiro atoms. The molecule has 1 aliphatic carbocycles. The van der Waals surface area contributed by atoms with Gasteiger partial charge in [0.2, 0.25) is 0 Å². The van der Waals surface area contributed by atoms with E-state index in [4.69, 9.17) is 4.98 Å². The van der Waals surface area contributed by atoms with Crippen LogP contribution in [-0.2, 0) is 18.6 Å². The lowest BCUT2D eigenvalue weighted by atomic mass is 9.87. The van der Waals surface area contributed by atoms with E-state index < -0.39 is 0 Å². The van der Waals surface area contributed by atoms with Crippen molar-refractivity contribution >= 4 is 27.7 Å². The first-order chi connectivity index (χ1) is 10.7. The summed E-state index contributed by atoms with van der Waals surface area (Å²) >= 11 is 5.22. The lowest BCUT2D eigenvalue weighted by Gasteiger charge is -2.21. The number of thioether (sulfide) groups is 1. The van der Waals surface area contributed by atoms with Crippen molar-refractivity contribution in [2.24, 2.45) is 5.92 Å². The number of halogens is 1. The standard InChI is InChI=1S/C18H17BrN2S/c1-12-6-7-17-14(8-12)9-15(10-20)18(21-17)22-11-13-4-2-3-5-16(13)19/h2-5,9,12H,6-8,11H2,1H3. The minimum Gasteiger partial charge on any atom is -0.245 e. The molecule has 0 fully saturated rings. The number of benzene rings is 1. The van der Waals surface area contributed by atoms with Crippen LogP contribution < -0.4 is 0 Å². The number of fused-ring (bicyclic) bond motifs is 1. The molecule has 1 atom stereocenters. The molecule has 0 amide bonds. The van der Waals surface area contributed by atoms with E-state index in [-0.39, 0.29) is 0 Å². The molecule has 0 saturated carbocycles. The van der Waals surface area contributed by atoms with Gasteiger partial charge in [-0.2, -0.15) is 5.26 Å². The molecule has 1 aromatic carbocycles. The Morgan fingerprint density at radius 1 is 1.41 bits per heavy atom. The summed E-state index contributed by atoms with van der Waals surface area (Å²) in [6.07, 6.45) is 3.28. The maximum absolute atomic E-state index is 9.43. The van der Waals surface area contributed by atoms with Gasteiger partial charge in [0, 0.05) is 15.9 Å². The van der Waals surface area contributed by atoms with Gasteiger partial charge in [-0.15, -0.1) is 11.8 Å². The fourth-order valence-electron chi connectivity index (χ4n) is 2.78. The summed E-state index contributed by atoms with van der Waals surface area (Å²) in [7, 11) is 0. The summed E-state index contributed by atoms with van der Waals surface area (Å²) in [4.78, 5) is 4.79. The second kappa shape index (κ2) is 6.85. The number of hydrogen-bond donors (Lipinski definition) is 0. The molecule has 1 unspecified atom stereocenters. The first-order valence-electron chi connectivity index (χ1n) is 7.46. The van der Waals surface area contributed by atoms with Gasteiger partial charge in [0.25, 0.3) is 0 Å². The predicted molar refractivity (Wildman–Crippen MR) is 93.8 cm³/mol. The Bertz CT molecular complexity index is 736. The molecule has 0 aliphatic heterocycles. The molecule has 1 aromatic heterocycles. The van der Waals surface area contributed by atoms with Gasteiger partial charge in [-0.3, -0.25) is 0 Å². The van der Waals surface area contributed by atoms with Gasteiger partial charge in [0.05, 0.1) is 5.56 Å². The zero-order valence-corrected chi connectivity index (χ0v) is 14.9. The molecule has 2 nitrogen and oxygen atoms in total. The minimum absolute atomic E-state index is 0.694. The lowest BCUT2D eigenvalue weighted by Crippen LogP contribution is -2.14. The smallest absolute Gasteiger partial charge is 0.114 e. The second-order valence-electron chi connectivity index (χ2n) is 5.79. The molecular weight excluding hydrogens is 356 g/mol. The SMILES string of the molecule is CC1CCc2nc(SCc3ccccc3Br)c(C#N)cc2C1. The van der Waals surface area contributed by atoms with Crippen molar-refractivity contribution in [1.82, 2.24) is 4.98 Å². The zero-order valence-electron chi connectivity index (χ0n) is 12.5.